The van der Waals surface area contributed by atoms with Gasteiger partial charge >= 0.3 is 0 Å². The molecule has 0 radical (unpaired) electrons. The summed E-state index contributed by atoms with van der Waals surface area (Å²) >= 11 is 0. The van der Waals surface area contributed by atoms with Gasteiger partial charge in [0, 0.05) is 5.56 Å². The largest absolute Gasteiger partial charge is 0.508 e. The first-order valence-electron chi connectivity index (χ1n) is 4.62. The lowest BCUT2D eigenvalue weighted by atomic mass is 10.0. The van der Waals surface area contributed by atoms with Crippen LogP contribution in [0.3, 0.4) is 0 Å². The molecule has 0 saturated carbocycles. The van der Waals surface area contributed by atoms with E-state index >= 15 is 0 Å². The molecule has 0 atom stereocenters. The van der Waals surface area contributed by atoms with Crippen LogP contribution in [0, 0.1) is 0 Å². The highest BCUT2D eigenvalue weighted by molar-refractivity contribution is 7.85. The van der Waals surface area contributed by atoms with Crippen LogP contribution in [0.5, 0.6) is 5.75 Å². The van der Waals surface area contributed by atoms with Crippen LogP contribution in [-0.2, 0) is 15.9 Å². The van der Waals surface area contributed by atoms with Crippen molar-refractivity contribution in [2.24, 2.45) is 0 Å². The number of benzene rings is 2. The second-order valence-electron chi connectivity index (χ2n) is 3.51. The first-order chi connectivity index (χ1) is 7.47. The van der Waals surface area contributed by atoms with E-state index in [4.69, 9.17) is 4.55 Å². The topological polar surface area (TPSA) is 74.6 Å². The van der Waals surface area contributed by atoms with Crippen LogP contribution in [0.15, 0.2) is 36.4 Å². The number of phenols is 1. The Kier molecular flexibility index (Phi) is 2.57. The van der Waals surface area contributed by atoms with E-state index in [9.17, 15) is 13.5 Å². The zero-order chi connectivity index (χ0) is 11.8. The Morgan fingerprint density at radius 2 is 1.75 bits per heavy atom. The molecule has 2 N–H and O–H groups in total. The van der Waals surface area contributed by atoms with Crippen molar-refractivity contribution < 1.29 is 18.1 Å². The summed E-state index contributed by atoms with van der Waals surface area (Å²) in [4.78, 5) is 0. The molecule has 0 unspecified atom stereocenters. The molecule has 0 aromatic heterocycles. The highest BCUT2D eigenvalue weighted by atomic mass is 32.2. The van der Waals surface area contributed by atoms with Crippen LogP contribution in [0.4, 0.5) is 0 Å². The van der Waals surface area contributed by atoms with E-state index in [1.54, 1.807) is 18.2 Å². The number of fused-ring (bicyclic) bond motifs is 1. The van der Waals surface area contributed by atoms with E-state index in [0.29, 0.717) is 5.39 Å². The van der Waals surface area contributed by atoms with Gasteiger partial charge in [-0.2, -0.15) is 8.42 Å². The molecule has 0 heterocycles. The maximum Gasteiger partial charge on any atom is 0.269 e. The molecule has 2 aromatic carbocycles. The summed E-state index contributed by atoms with van der Waals surface area (Å²) in [6.45, 7) is 0. The fourth-order valence-corrected chi connectivity index (χ4v) is 2.33. The number of aromatic hydroxyl groups is 1. The summed E-state index contributed by atoms with van der Waals surface area (Å²) in [5.74, 6) is -0.712. The second-order valence-corrected chi connectivity index (χ2v) is 4.96. The first kappa shape index (κ1) is 10.9. The standard InChI is InChI=1S/C11H10O4S/c12-11-6-5-8-3-1-2-4-9(8)10(11)7-16(13,14)15/h1-6,12H,7H2,(H,13,14,15). The molecular formula is C11H10O4S. The smallest absolute Gasteiger partial charge is 0.269 e. The maximum atomic E-state index is 10.8. The van der Waals surface area contributed by atoms with Gasteiger partial charge in [-0.1, -0.05) is 30.3 Å². The van der Waals surface area contributed by atoms with Crippen LogP contribution < -0.4 is 0 Å². The normalized spacial score (nSPS) is 11.8. The van der Waals surface area contributed by atoms with Gasteiger partial charge in [0.2, 0.25) is 0 Å². The van der Waals surface area contributed by atoms with Gasteiger partial charge in [0.1, 0.15) is 11.5 Å². The Hall–Kier alpha value is -1.59. The third-order valence-electron chi connectivity index (χ3n) is 2.34. The third-order valence-corrected chi connectivity index (χ3v) is 3.00. The Morgan fingerprint density at radius 3 is 2.44 bits per heavy atom. The van der Waals surface area contributed by atoms with Crippen molar-refractivity contribution >= 4 is 20.9 Å². The minimum atomic E-state index is -4.15. The molecule has 0 bridgehead atoms. The maximum absolute atomic E-state index is 10.8. The van der Waals surface area contributed by atoms with Crippen LogP contribution in [0.25, 0.3) is 10.8 Å². The van der Waals surface area contributed by atoms with Gasteiger partial charge in [-0.25, -0.2) is 0 Å². The molecule has 0 spiro atoms. The summed E-state index contributed by atoms with van der Waals surface area (Å²) in [6.07, 6.45) is 0. The van der Waals surface area contributed by atoms with Crippen molar-refractivity contribution in [1.82, 2.24) is 0 Å². The molecule has 0 aliphatic rings. The molecule has 0 amide bonds. The Morgan fingerprint density at radius 1 is 1.06 bits per heavy atom. The van der Waals surface area contributed by atoms with Gasteiger partial charge in [-0.15, -0.1) is 0 Å². The lowest BCUT2D eigenvalue weighted by Crippen LogP contribution is -2.02. The van der Waals surface area contributed by atoms with Gasteiger partial charge in [-0.3, -0.25) is 4.55 Å². The van der Waals surface area contributed by atoms with Crippen molar-refractivity contribution in [2.45, 2.75) is 5.75 Å². The van der Waals surface area contributed by atoms with E-state index < -0.39 is 15.9 Å². The quantitative estimate of drug-likeness (QED) is 0.784. The van der Waals surface area contributed by atoms with Crippen molar-refractivity contribution in [3.8, 4) is 5.75 Å². The third kappa shape index (κ3) is 2.15. The predicted molar refractivity (Wildman–Crippen MR) is 60.9 cm³/mol. The highest BCUT2D eigenvalue weighted by Gasteiger charge is 2.13. The molecule has 0 aliphatic heterocycles. The van der Waals surface area contributed by atoms with Crippen LogP contribution in [-0.4, -0.2) is 18.1 Å². The lowest BCUT2D eigenvalue weighted by molar-refractivity contribution is 0.463. The number of hydrogen-bond acceptors (Lipinski definition) is 3. The molecule has 84 valence electrons. The minimum absolute atomic E-state index is 0.128. The van der Waals surface area contributed by atoms with Crippen molar-refractivity contribution in [2.75, 3.05) is 0 Å². The molecule has 4 nitrogen and oxygen atoms in total. The first-order valence-corrected chi connectivity index (χ1v) is 6.23. The second kappa shape index (κ2) is 3.77. The van der Waals surface area contributed by atoms with Crippen molar-refractivity contribution in [3.63, 3.8) is 0 Å². The Balaban J connectivity index is 2.71. The van der Waals surface area contributed by atoms with Crippen LogP contribution >= 0.6 is 0 Å². The molecule has 0 fully saturated rings. The zero-order valence-corrected chi connectivity index (χ0v) is 9.11. The Bertz CT molecular complexity index is 631. The van der Waals surface area contributed by atoms with Crippen LogP contribution in [0.1, 0.15) is 5.56 Å². The predicted octanol–water partition coefficient (Wildman–Crippen LogP) is 1.93. The van der Waals surface area contributed by atoms with Gasteiger partial charge in [0.05, 0.1) is 0 Å². The average Bonchev–Trinajstić information content (AvgIpc) is 2.21. The lowest BCUT2D eigenvalue weighted by Gasteiger charge is -2.07. The molecular weight excluding hydrogens is 228 g/mol. The molecule has 2 aromatic rings. The minimum Gasteiger partial charge on any atom is -0.508 e. The zero-order valence-electron chi connectivity index (χ0n) is 8.29. The monoisotopic (exact) mass is 238 g/mol. The molecule has 0 saturated heterocycles. The summed E-state index contributed by atoms with van der Waals surface area (Å²) in [5, 5.41) is 11.0. The van der Waals surface area contributed by atoms with Gasteiger partial charge in [0.15, 0.2) is 0 Å². The van der Waals surface area contributed by atoms with E-state index in [-0.39, 0.29) is 11.3 Å². The number of hydrogen-bond donors (Lipinski definition) is 2. The fraction of sp³-hybridized carbons (Fsp3) is 0.0909. The van der Waals surface area contributed by atoms with Gasteiger partial charge in [-0.05, 0) is 16.8 Å². The average molecular weight is 238 g/mol. The molecule has 0 aliphatic carbocycles. The van der Waals surface area contributed by atoms with Crippen molar-refractivity contribution in [1.29, 1.82) is 0 Å². The number of phenolic OH excluding ortho intramolecular Hbond substituents is 1. The summed E-state index contributed by atoms with van der Waals surface area (Å²) < 4.78 is 30.5. The summed E-state index contributed by atoms with van der Waals surface area (Å²) in [6, 6.07) is 10.2. The van der Waals surface area contributed by atoms with E-state index in [1.165, 1.54) is 6.07 Å². The molecule has 16 heavy (non-hydrogen) atoms. The van der Waals surface area contributed by atoms with E-state index in [2.05, 4.69) is 0 Å². The summed E-state index contributed by atoms with van der Waals surface area (Å²) in [5.41, 5.74) is 0.223. The SMILES string of the molecule is O=S(=O)(O)Cc1c(O)ccc2ccccc12. The van der Waals surface area contributed by atoms with Gasteiger partial charge in [0.25, 0.3) is 10.1 Å². The molecule has 2 rings (SSSR count). The summed E-state index contributed by atoms with van der Waals surface area (Å²) in [7, 11) is -4.15. The Labute approximate surface area is 92.9 Å². The van der Waals surface area contributed by atoms with Crippen molar-refractivity contribution in [3.05, 3.63) is 42.0 Å². The highest BCUT2D eigenvalue weighted by Crippen LogP contribution is 2.28. The van der Waals surface area contributed by atoms with E-state index in [0.717, 1.165) is 5.39 Å². The fourth-order valence-electron chi connectivity index (χ4n) is 1.66. The van der Waals surface area contributed by atoms with E-state index in [1.807, 2.05) is 12.1 Å². The number of rotatable bonds is 2. The molecule has 5 heteroatoms. The van der Waals surface area contributed by atoms with Crippen LogP contribution in [0.2, 0.25) is 0 Å². The van der Waals surface area contributed by atoms with Gasteiger partial charge < -0.3 is 5.11 Å².